The largest absolute Gasteiger partial charge is 0.466 e. The molecule has 16 heavy (non-hydrogen) atoms. The van der Waals surface area contributed by atoms with Crippen molar-refractivity contribution in [1.29, 1.82) is 0 Å². The van der Waals surface area contributed by atoms with Gasteiger partial charge in [0.25, 0.3) is 0 Å². The topological polar surface area (TPSA) is 25.2 Å². The first-order valence-electron chi connectivity index (χ1n) is 6.27. The maximum Gasteiger partial charge on any atom is 0.106 e. The van der Waals surface area contributed by atoms with Gasteiger partial charge in [-0.2, -0.15) is 0 Å². The molecule has 0 bridgehead atoms. The number of hydrogen-bond donors (Lipinski definition) is 1. The molecule has 0 aliphatic carbocycles. The zero-order valence-electron chi connectivity index (χ0n) is 11.5. The van der Waals surface area contributed by atoms with Gasteiger partial charge in [0.1, 0.15) is 11.5 Å². The summed E-state index contributed by atoms with van der Waals surface area (Å²) >= 11 is 0. The van der Waals surface area contributed by atoms with E-state index in [1.54, 1.807) is 0 Å². The van der Waals surface area contributed by atoms with E-state index in [0.29, 0.717) is 12.0 Å². The molecule has 0 aliphatic rings. The predicted molar refractivity (Wildman–Crippen MR) is 68.8 cm³/mol. The minimum atomic E-state index is 0.433. The summed E-state index contributed by atoms with van der Waals surface area (Å²) in [6, 6.07) is 0.433. The lowest BCUT2D eigenvalue weighted by atomic mass is 9.94. The molecule has 0 radical (unpaired) electrons. The van der Waals surface area contributed by atoms with Crippen LogP contribution in [-0.4, -0.2) is 6.54 Å². The first kappa shape index (κ1) is 13.3. The molecule has 1 rings (SSSR count). The van der Waals surface area contributed by atoms with Crippen LogP contribution in [0.1, 0.15) is 55.9 Å². The number of furan rings is 1. The van der Waals surface area contributed by atoms with Crippen molar-refractivity contribution in [3.8, 4) is 0 Å². The van der Waals surface area contributed by atoms with Crippen molar-refractivity contribution in [1.82, 2.24) is 5.32 Å². The molecule has 0 spiro atoms. The third kappa shape index (κ3) is 2.88. The van der Waals surface area contributed by atoms with Crippen LogP contribution in [0.4, 0.5) is 0 Å². The molecule has 92 valence electrons. The summed E-state index contributed by atoms with van der Waals surface area (Å²) in [6.07, 6.45) is 1.16. The maximum atomic E-state index is 5.71. The van der Waals surface area contributed by atoms with Gasteiger partial charge in [0, 0.05) is 11.6 Å². The van der Waals surface area contributed by atoms with Crippen molar-refractivity contribution in [3.05, 3.63) is 22.6 Å². The lowest BCUT2D eigenvalue weighted by Crippen LogP contribution is -2.23. The summed E-state index contributed by atoms with van der Waals surface area (Å²) in [5.41, 5.74) is 2.68. The maximum absolute atomic E-state index is 5.71. The van der Waals surface area contributed by atoms with Gasteiger partial charge in [-0.25, -0.2) is 0 Å². The van der Waals surface area contributed by atoms with Crippen molar-refractivity contribution >= 4 is 0 Å². The molecule has 1 aromatic heterocycles. The smallest absolute Gasteiger partial charge is 0.106 e. The van der Waals surface area contributed by atoms with Crippen molar-refractivity contribution in [3.63, 3.8) is 0 Å². The number of aryl methyl sites for hydroxylation is 2. The van der Waals surface area contributed by atoms with E-state index in [2.05, 4.69) is 39.9 Å². The Labute approximate surface area is 99.4 Å². The molecule has 2 nitrogen and oxygen atoms in total. The molecular weight excluding hydrogens is 198 g/mol. The van der Waals surface area contributed by atoms with E-state index in [1.165, 1.54) is 11.1 Å². The van der Waals surface area contributed by atoms with E-state index in [9.17, 15) is 0 Å². The van der Waals surface area contributed by atoms with Crippen LogP contribution in [0.2, 0.25) is 0 Å². The minimum absolute atomic E-state index is 0.433. The van der Waals surface area contributed by atoms with Crippen molar-refractivity contribution in [2.45, 2.75) is 54.0 Å². The highest BCUT2D eigenvalue weighted by Crippen LogP contribution is 2.30. The normalized spacial score (nSPS) is 13.4. The van der Waals surface area contributed by atoms with Crippen LogP contribution < -0.4 is 5.32 Å². The van der Waals surface area contributed by atoms with Crippen LogP contribution in [0.15, 0.2) is 4.42 Å². The highest BCUT2D eigenvalue weighted by Gasteiger charge is 2.20. The van der Waals surface area contributed by atoms with Crippen LogP contribution in [0.3, 0.4) is 0 Å². The van der Waals surface area contributed by atoms with E-state index in [1.807, 2.05) is 6.92 Å². The summed E-state index contributed by atoms with van der Waals surface area (Å²) in [7, 11) is 0. The summed E-state index contributed by atoms with van der Waals surface area (Å²) in [4.78, 5) is 0. The monoisotopic (exact) mass is 223 g/mol. The molecule has 0 aliphatic heterocycles. The predicted octanol–water partition coefficient (Wildman–Crippen LogP) is 3.90. The minimum Gasteiger partial charge on any atom is -0.466 e. The quantitative estimate of drug-likeness (QED) is 0.819. The van der Waals surface area contributed by atoms with Crippen molar-refractivity contribution in [2.75, 3.05) is 6.54 Å². The van der Waals surface area contributed by atoms with Gasteiger partial charge in [-0.1, -0.05) is 20.8 Å². The van der Waals surface area contributed by atoms with E-state index < -0.39 is 0 Å². The second-order valence-corrected chi connectivity index (χ2v) is 4.99. The third-order valence-electron chi connectivity index (χ3n) is 3.12. The van der Waals surface area contributed by atoms with Crippen LogP contribution in [0, 0.1) is 26.7 Å². The fourth-order valence-electron chi connectivity index (χ4n) is 2.34. The standard InChI is InChI=1S/C14H25NO/c1-7-15-13(8-9(2)3)14-10(4)11(5)16-12(14)6/h9,13,15H,7-8H2,1-6H3. The van der Waals surface area contributed by atoms with Crippen LogP contribution in [-0.2, 0) is 0 Å². The van der Waals surface area contributed by atoms with E-state index in [4.69, 9.17) is 4.42 Å². The average Bonchev–Trinajstić information content (AvgIpc) is 2.40. The molecule has 2 heteroatoms. The van der Waals surface area contributed by atoms with Gasteiger partial charge in [0.15, 0.2) is 0 Å². The lowest BCUT2D eigenvalue weighted by molar-refractivity contribution is 0.426. The Kier molecular flexibility index (Phi) is 4.60. The number of hydrogen-bond acceptors (Lipinski definition) is 2. The first-order chi connectivity index (χ1) is 7.47. The average molecular weight is 223 g/mol. The highest BCUT2D eigenvalue weighted by molar-refractivity contribution is 5.34. The van der Waals surface area contributed by atoms with Gasteiger partial charge in [-0.15, -0.1) is 0 Å². The molecule has 0 amide bonds. The third-order valence-corrected chi connectivity index (χ3v) is 3.12. The van der Waals surface area contributed by atoms with Crippen molar-refractivity contribution < 1.29 is 4.42 Å². The fourth-order valence-corrected chi connectivity index (χ4v) is 2.34. The van der Waals surface area contributed by atoms with Crippen LogP contribution >= 0.6 is 0 Å². The van der Waals surface area contributed by atoms with E-state index in [0.717, 1.165) is 24.5 Å². The van der Waals surface area contributed by atoms with Crippen LogP contribution in [0.25, 0.3) is 0 Å². The van der Waals surface area contributed by atoms with Gasteiger partial charge >= 0.3 is 0 Å². The molecule has 0 saturated carbocycles. The van der Waals surface area contributed by atoms with Gasteiger partial charge in [-0.3, -0.25) is 0 Å². The Hall–Kier alpha value is -0.760. The fraction of sp³-hybridized carbons (Fsp3) is 0.714. The molecule has 1 heterocycles. The van der Waals surface area contributed by atoms with Gasteiger partial charge < -0.3 is 9.73 Å². The molecule has 1 N–H and O–H groups in total. The summed E-state index contributed by atoms with van der Waals surface area (Å²) in [5.74, 6) is 2.82. The second kappa shape index (κ2) is 5.53. The molecular formula is C14H25NO. The Morgan fingerprint density at radius 1 is 1.12 bits per heavy atom. The van der Waals surface area contributed by atoms with Gasteiger partial charge in [-0.05, 0) is 45.2 Å². The zero-order chi connectivity index (χ0) is 12.3. The summed E-state index contributed by atoms with van der Waals surface area (Å²) in [5, 5.41) is 3.57. The van der Waals surface area contributed by atoms with Gasteiger partial charge in [0.05, 0.1) is 0 Å². The number of nitrogens with one attached hydrogen (secondary N) is 1. The highest BCUT2D eigenvalue weighted by atomic mass is 16.3. The van der Waals surface area contributed by atoms with E-state index >= 15 is 0 Å². The second-order valence-electron chi connectivity index (χ2n) is 4.99. The van der Waals surface area contributed by atoms with Crippen molar-refractivity contribution in [2.24, 2.45) is 5.92 Å². The molecule has 0 fully saturated rings. The molecule has 0 aromatic carbocycles. The molecule has 1 atom stereocenters. The Bertz CT molecular complexity index is 339. The summed E-state index contributed by atoms with van der Waals surface area (Å²) in [6.45, 7) is 14.0. The van der Waals surface area contributed by atoms with E-state index in [-0.39, 0.29) is 0 Å². The SMILES string of the molecule is CCNC(CC(C)C)c1c(C)oc(C)c1C. The van der Waals surface area contributed by atoms with Gasteiger partial charge in [0.2, 0.25) is 0 Å². The molecule has 1 unspecified atom stereocenters. The zero-order valence-corrected chi connectivity index (χ0v) is 11.5. The Balaban J connectivity index is 3.00. The Morgan fingerprint density at radius 3 is 2.12 bits per heavy atom. The number of rotatable bonds is 5. The first-order valence-corrected chi connectivity index (χ1v) is 6.27. The lowest BCUT2D eigenvalue weighted by Gasteiger charge is -2.20. The molecule has 0 saturated heterocycles. The van der Waals surface area contributed by atoms with Crippen LogP contribution in [0.5, 0.6) is 0 Å². The summed E-state index contributed by atoms with van der Waals surface area (Å²) < 4.78 is 5.71. The molecule has 1 aromatic rings. The Morgan fingerprint density at radius 2 is 1.75 bits per heavy atom.